The number of anilines is 1. The summed E-state index contributed by atoms with van der Waals surface area (Å²) in [5.41, 5.74) is 4.54. The average Bonchev–Trinajstić information content (AvgIpc) is 2.80. The lowest BCUT2D eigenvalue weighted by atomic mass is 9.98. The highest BCUT2D eigenvalue weighted by Gasteiger charge is 2.13. The molecule has 0 saturated heterocycles. The molecular weight excluding hydrogens is 376 g/mol. The van der Waals surface area contributed by atoms with E-state index < -0.39 is 11.6 Å². The molecule has 4 rings (SSSR count). The summed E-state index contributed by atoms with van der Waals surface area (Å²) in [6.07, 6.45) is 0. The van der Waals surface area contributed by atoms with Crippen molar-refractivity contribution in [2.45, 2.75) is 6.04 Å². The van der Waals surface area contributed by atoms with Crippen molar-refractivity contribution in [2.75, 3.05) is 5.32 Å². The second kappa shape index (κ2) is 9.07. The molecule has 0 aliphatic carbocycles. The van der Waals surface area contributed by atoms with Gasteiger partial charge in [-0.3, -0.25) is 0 Å². The first-order chi connectivity index (χ1) is 14.7. The van der Waals surface area contributed by atoms with E-state index in [-0.39, 0.29) is 6.04 Å². The van der Waals surface area contributed by atoms with Crippen LogP contribution < -0.4 is 5.32 Å². The quantitative estimate of drug-likeness (QED) is 0.386. The maximum Gasteiger partial charge on any atom is 0.160 e. The molecule has 0 radical (unpaired) electrons. The van der Waals surface area contributed by atoms with Crippen LogP contribution in [0.3, 0.4) is 0 Å². The van der Waals surface area contributed by atoms with Crippen LogP contribution in [0, 0.1) is 23.5 Å². The fraction of sp³-hybridized carbons (Fsp3) is 0.0370. The monoisotopic (exact) mass is 395 g/mol. The highest BCUT2D eigenvalue weighted by atomic mass is 19.2. The van der Waals surface area contributed by atoms with Gasteiger partial charge in [0.1, 0.15) is 0 Å². The molecule has 0 unspecified atom stereocenters. The van der Waals surface area contributed by atoms with Crippen molar-refractivity contribution in [3.8, 4) is 11.8 Å². The molecular formula is C27H19F2N. The van der Waals surface area contributed by atoms with Crippen LogP contribution in [-0.4, -0.2) is 0 Å². The zero-order valence-corrected chi connectivity index (χ0v) is 16.1. The predicted molar refractivity (Wildman–Crippen MR) is 117 cm³/mol. The summed E-state index contributed by atoms with van der Waals surface area (Å²) in [5.74, 6) is 4.08. The Morgan fingerprint density at radius 3 is 1.67 bits per heavy atom. The van der Waals surface area contributed by atoms with Crippen molar-refractivity contribution in [3.05, 3.63) is 137 Å². The van der Waals surface area contributed by atoms with Crippen molar-refractivity contribution >= 4 is 5.69 Å². The standard InChI is InChI=1S/C27H19F2N/c28-25-18-15-21(19-26(25)29)12-11-20-13-16-24(17-14-20)30-27(22-7-3-1-4-8-22)23-9-5-2-6-10-23/h1-10,13-19,27,30H. The fourth-order valence-corrected chi connectivity index (χ4v) is 3.18. The first kappa shape index (κ1) is 19.4. The van der Waals surface area contributed by atoms with Crippen LogP contribution in [0.4, 0.5) is 14.5 Å². The summed E-state index contributed by atoms with van der Waals surface area (Å²) in [6.45, 7) is 0. The Morgan fingerprint density at radius 2 is 1.10 bits per heavy atom. The first-order valence-electron chi connectivity index (χ1n) is 9.62. The summed E-state index contributed by atoms with van der Waals surface area (Å²) in [4.78, 5) is 0. The van der Waals surface area contributed by atoms with Gasteiger partial charge in [-0.2, -0.15) is 0 Å². The van der Waals surface area contributed by atoms with Gasteiger partial charge in [0.2, 0.25) is 0 Å². The summed E-state index contributed by atoms with van der Waals surface area (Å²) in [5, 5.41) is 3.59. The van der Waals surface area contributed by atoms with E-state index in [1.54, 1.807) is 0 Å². The second-order valence-corrected chi connectivity index (χ2v) is 6.85. The predicted octanol–water partition coefficient (Wildman–Crippen LogP) is 6.57. The smallest absolute Gasteiger partial charge is 0.160 e. The molecule has 30 heavy (non-hydrogen) atoms. The Kier molecular flexibility index (Phi) is 5.87. The van der Waals surface area contributed by atoms with E-state index in [2.05, 4.69) is 41.4 Å². The Hall–Kier alpha value is -3.90. The van der Waals surface area contributed by atoms with Crippen LogP contribution in [0.5, 0.6) is 0 Å². The molecule has 0 aliphatic rings. The molecule has 3 heteroatoms. The van der Waals surface area contributed by atoms with E-state index >= 15 is 0 Å². The fourth-order valence-electron chi connectivity index (χ4n) is 3.18. The molecule has 0 atom stereocenters. The van der Waals surface area contributed by atoms with E-state index in [0.29, 0.717) is 5.56 Å². The number of halogens is 2. The van der Waals surface area contributed by atoms with Crippen molar-refractivity contribution < 1.29 is 8.78 Å². The molecule has 4 aromatic carbocycles. The molecule has 1 nitrogen and oxygen atoms in total. The molecule has 0 amide bonds. The van der Waals surface area contributed by atoms with Gasteiger partial charge in [0.15, 0.2) is 11.6 Å². The van der Waals surface area contributed by atoms with Gasteiger partial charge in [-0.15, -0.1) is 0 Å². The van der Waals surface area contributed by atoms with Crippen LogP contribution in [0.1, 0.15) is 28.3 Å². The summed E-state index contributed by atoms with van der Waals surface area (Å²) < 4.78 is 26.3. The normalized spacial score (nSPS) is 10.4. The van der Waals surface area contributed by atoms with Gasteiger partial charge in [0.25, 0.3) is 0 Å². The number of rotatable bonds is 4. The minimum Gasteiger partial charge on any atom is -0.374 e. The van der Waals surface area contributed by atoms with E-state index in [4.69, 9.17) is 0 Å². The molecule has 1 N–H and O–H groups in total. The van der Waals surface area contributed by atoms with Gasteiger partial charge in [-0.1, -0.05) is 72.5 Å². The lowest BCUT2D eigenvalue weighted by Crippen LogP contribution is -2.12. The number of benzene rings is 4. The molecule has 0 aromatic heterocycles. The summed E-state index contributed by atoms with van der Waals surface area (Å²) in [7, 11) is 0. The minimum atomic E-state index is -0.894. The second-order valence-electron chi connectivity index (χ2n) is 6.85. The Bertz CT molecular complexity index is 1130. The van der Waals surface area contributed by atoms with E-state index in [1.165, 1.54) is 17.2 Å². The third-order valence-corrected chi connectivity index (χ3v) is 4.73. The molecule has 0 saturated carbocycles. The van der Waals surface area contributed by atoms with Gasteiger partial charge in [0.05, 0.1) is 6.04 Å². The topological polar surface area (TPSA) is 12.0 Å². The van der Waals surface area contributed by atoms with Crippen LogP contribution in [0.15, 0.2) is 103 Å². The maximum absolute atomic E-state index is 13.3. The first-order valence-corrected chi connectivity index (χ1v) is 9.62. The number of hydrogen-bond donors (Lipinski definition) is 1. The number of hydrogen-bond acceptors (Lipinski definition) is 1. The summed E-state index contributed by atoms with van der Waals surface area (Å²) >= 11 is 0. The van der Waals surface area contributed by atoms with Crippen molar-refractivity contribution in [2.24, 2.45) is 0 Å². The van der Waals surface area contributed by atoms with E-state index in [0.717, 1.165) is 23.4 Å². The maximum atomic E-state index is 13.3. The SMILES string of the molecule is Fc1ccc(C#Cc2ccc(NC(c3ccccc3)c3ccccc3)cc2)cc1F. The van der Waals surface area contributed by atoms with Crippen molar-refractivity contribution in [1.29, 1.82) is 0 Å². The lowest BCUT2D eigenvalue weighted by Gasteiger charge is -2.21. The Labute approximate surface area is 175 Å². The number of nitrogens with one attached hydrogen (secondary N) is 1. The largest absolute Gasteiger partial charge is 0.374 e. The van der Waals surface area contributed by atoms with Crippen molar-refractivity contribution in [3.63, 3.8) is 0 Å². The molecule has 0 heterocycles. The lowest BCUT2D eigenvalue weighted by molar-refractivity contribution is 0.508. The average molecular weight is 395 g/mol. The third kappa shape index (κ3) is 4.74. The highest BCUT2D eigenvalue weighted by molar-refractivity contribution is 5.53. The molecule has 0 spiro atoms. The van der Waals surface area contributed by atoms with Gasteiger partial charge >= 0.3 is 0 Å². The summed E-state index contributed by atoms with van der Waals surface area (Å²) in [6, 6.07) is 32.0. The molecule has 0 fully saturated rings. The zero-order chi connectivity index (χ0) is 20.8. The van der Waals surface area contributed by atoms with Gasteiger partial charge in [-0.25, -0.2) is 8.78 Å². The molecule has 0 aliphatic heterocycles. The van der Waals surface area contributed by atoms with E-state index in [1.807, 2.05) is 60.7 Å². The molecule has 4 aromatic rings. The van der Waals surface area contributed by atoms with Gasteiger partial charge in [0, 0.05) is 16.8 Å². The Morgan fingerprint density at radius 1 is 0.567 bits per heavy atom. The van der Waals surface area contributed by atoms with E-state index in [9.17, 15) is 8.78 Å². The Balaban J connectivity index is 1.54. The van der Waals surface area contributed by atoms with Crippen LogP contribution in [-0.2, 0) is 0 Å². The van der Waals surface area contributed by atoms with Crippen LogP contribution >= 0.6 is 0 Å². The third-order valence-electron chi connectivity index (χ3n) is 4.73. The zero-order valence-electron chi connectivity index (χ0n) is 16.1. The molecule has 146 valence electrons. The van der Waals surface area contributed by atoms with Crippen LogP contribution in [0.2, 0.25) is 0 Å². The molecule has 0 bridgehead atoms. The minimum absolute atomic E-state index is 0.0199. The van der Waals surface area contributed by atoms with Gasteiger partial charge < -0.3 is 5.32 Å². The van der Waals surface area contributed by atoms with Crippen molar-refractivity contribution in [1.82, 2.24) is 0 Å². The van der Waals surface area contributed by atoms with Gasteiger partial charge in [-0.05, 0) is 53.6 Å². The highest BCUT2D eigenvalue weighted by Crippen LogP contribution is 2.26. The van der Waals surface area contributed by atoms with Crippen LogP contribution in [0.25, 0.3) is 0 Å².